The highest BCUT2D eigenvalue weighted by molar-refractivity contribution is 5.82. The van der Waals surface area contributed by atoms with Gasteiger partial charge in [-0.1, -0.05) is 60.7 Å². The molecule has 1 atom stereocenters. The second-order valence-electron chi connectivity index (χ2n) is 6.22. The zero-order valence-corrected chi connectivity index (χ0v) is 13.7. The SMILES string of the molecule is O=C(C(O)c1ccccc1)N1CCc2[nH]nc(-c3ccccc3)c2C1. The third kappa shape index (κ3) is 2.94. The van der Waals surface area contributed by atoms with Gasteiger partial charge in [-0.25, -0.2) is 0 Å². The summed E-state index contributed by atoms with van der Waals surface area (Å²) in [6, 6.07) is 19.0. The molecule has 2 aromatic carbocycles. The van der Waals surface area contributed by atoms with E-state index in [4.69, 9.17) is 0 Å². The molecule has 0 saturated heterocycles. The van der Waals surface area contributed by atoms with Gasteiger partial charge in [0.2, 0.25) is 0 Å². The topological polar surface area (TPSA) is 69.2 Å². The largest absolute Gasteiger partial charge is 0.378 e. The van der Waals surface area contributed by atoms with Gasteiger partial charge in [-0.05, 0) is 5.56 Å². The van der Waals surface area contributed by atoms with Crippen LogP contribution in [0.1, 0.15) is 22.9 Å². The van der Waals surface area contributed by atoms with Gasteiger partial charge in [-0.2, -0.15) is 5.10 Å². The predicted octanol–water partition coefficient (Wildman–Crippen LogP) is 2.70. The number of fused-ring (bicyclic) bond motifs is 1. The molecule has 0 bridgehead atoms. The second kappa shape index (κ2) is 6.53. The molecular formula is C20H19N3O2. The lowest BCUT2D eigenvalue weighted by atomic mass is 10.00. The third-order valence-corrected chi connectivity index (χ3v) is 4.64. The van der Waals surface area contributed by atoms with E-state index in [9.17, 15) is 9.90 Å². The van der Waals surface area contributed by atoms with Crippen LogP contribution >= 0.6 is 0 Å². The average Bonchev–Trinajstić information content (AvgIpc) is 3.11. The van der Waals surface area contributed by atoms with Crippen LogP contribution in [0.2, 0.25) is 0 Å². The van der Waals surface area contributed by atoms with Crippen molar-refractivity contribution in [3.05, 3.63) is 77.5 Å². The fraction of sp³-hybridized carbons (Fsp3) is 0.200. The van der Waals surface area contributed by atoms with E-state index in [0.717, 1.165) is 22.5 Å². The van der Waals surface area contributed by atoms with Gasteiger partial charge in [0.05, 0.1) is 5.69 Å². The molecule has 1 amide bonds. The summed E-state index contributed by atoms with van der Waals surface area (Å²) in [5.41, 5.74) is 4.62. The normalized spacial score (nSPS) is 14.8. The fourth-order valence-electron chi connectivity index (χ4n) is 3.27. The molecule has 4 rings (SSSR count). The molecular weight excluding hydrogens is 314 g/mol. The number of benzene rings is 2. The number of amides is 1. The van der Waals surface area contributed by atoms with Crippen molar-refractivity contribution in [3.8, 4) is 11.3 Å². The predicted molar refractivity (Wildman–Crippen MR) is 94.5 cm³/mol. The number of carbonyl (C=O) groups excluding carboxylic acids is 1. The summed E-state index contributed by atoms with van der Waals surface area (Å²) in [6.07, 6.45) is -0.419. The van der Waals surface area contributed by atoms with E-state index in [1.54, 1.807) is 17.0 Å². The third-order valence-electron chi connectivity index (χ3n) is 4.64. The Morgan fingerprint density at radius 2 is 1.76 bits per heavy atom. The summed E-state index contributed by atoms with van der Waals surface area (Å²) in [5, 5.41) is 17.9. The molecule has 2 heterocycles. The summed E-state index contributed by atoms with van der Waals surface area (Å²) < 4.78 is 0. The van der Waals surface area contributed by atoms with Gasteiger partial charge in [0.25, 0.3) is 5.91 Å². The molecule has 25 heavy (non-hydrogen) atoms. The molecule has 5 nitrogen and oxygen atoms in total. The number of nitrogens with one attached hydrogen (secondary N) is 1. The van der Waals surface area contributed by atoms with E-state index in [1.165, 1.54) is 0 Å². The van der Waals surface area contributed by atoms with Crippen LogP contribution in [-0.4, -0.2) is 32.7 Å². The Balaban J connectivity index is 1.59. The summed E-state index contributed by atoms with van der Waals surface area (Å²) in [4.78, 5) is 14.4. The molecule has 0 radical (unpaired) electrons. The highest BCUT2D eigenvalue weighted by Gasteiger charge is 2.29. The molecule has 1 unspecified atom stereocenters. The van der Waals surface area contributed by atoms with Crippen molar-refractivity contribution in [2.45, 2.75) is 19.1 Å². The molecule has 5 heteroatoms. The number of aliphatic hydroxyl groups excluding tert-OH is 1. The number of aliphatic hydroxyl groups is 1. The monoisotopic (exact) mass is 333 g/mol. The minimum atomic E-state index is -1.13. The maximum Gasteiger partial charge on any atom is 0.256 e. The Bertz CT molecular complexity index is 874. The van der Waals surface area contributed by atoms with Crippen LogP contribution in [0, 0.1) is 0 Å². The van der Waals surface area contributed by atoms with Crippen molar-refractivity contribution >= 4 is 5.91 Å². The van der Waals surface area contributed by atoms with Crippen LogP contribution in [0.15, 0.2) is 60.7 Å². The minimum absolute atomic E-state index is 0.267. The van der Waals surface area contributed by atoms with Gasteiger partial charge >= 0.3 is 0 Å². The Kier molecular flexibility index (Phi) is 4.07. The van der Waals surface area contributed by atoms with E-state index < -0.39 is 6.10 Å². The smallest absolute Gasteiger partial charge is 0.256 e. The molecule has 1 aromatic heterocycles. The Labute approximate surface area is 145 Å². The quantitative estimate of drug-likeness (QED) is 0.774. The number of aromatic amines is 1. The molecule has 0 fully saturated rings. The molecule has 0 spiro atoms. The summed E-state index contributed by atoms with van der Waals surface area (Å²) in [5.74, 6) is -0.267. The number of hydrogen-bond donors (Lipinski definition) is 2. The van der Waals surface area contributed by atoms with Gasteiger partial charge in [0, 0.05) is 36.3 Å². The first kappa shape index (κ1) is 15.6. The standard InChI is InChI=1S/C20H19N3O2/c24-19(15-9-5-2-6-10-15)20(25)23-12-11-17-16(13-23)18(22-21-17)14-7-3-1-4-8-14/h1-10,19,24H,11-13H2,(H,21,22). The van der Waals surface area contributed by atoms with E-state index in [1.807, 2.05) is 48.5 Å². The molecule has 1 aliphatic heterocycles. The average molecular weight is 333 g/mol. The molecule has 3 aromatic rings. The molecule has 2 N–H and O–H groups in total. The highest BCUT2D eigenvalue weighted by atomic mass is 16.3. The van der Waals surface area contributed by atoms with Gasteiger partial charge in [0.15, 0.2) is 6.10 Å². The van der Waals surface area contributed by atoms with Gasteiger partial charge in [-0.15, -0.1) is 0 Å². The Morgan fingerprint density at radius 1 is 1.08 bits per heavy atom. The van der Waals surface area contributed by atoms with Crippen LogP contribution in [0.25, 0.3) is 11.3 Å². The van der Waals surface area contributed by atoms with Crippen molar-refractivity contribution < 1.29 is 9.90 Å². The first-order valence-electron chi connectivity index (χ1n) is 8.37. The molecule has 0 aliphatic carbocycles. The maximum atomic E-state index is 12.7. The lowest BCUT2D eigenvalue weighted by Gasteiger charge is -2.29. The van der Waals surface area contributed by atoms with Gasteiger partial charge < -0.3 is 10.0 Å². The number of H-pyrrole nitrogens is 1. The summed E-state index contributed by atoms with van der Waals surface area (Å²) >= 11 is 0. The van der Waals surface area contributed by atoms with Crippen LogP contribution in [0.4, 0.5) is 0 Å². The van der Waals surface area contributed by atoms with Crippen molar-refractivity contribution in [2.24, 2.45) is 0 Å². The number of carbonyl (C=O) groups is 1. The van der Waals surface area contributed by atoms with Crippen LogP contribution in [0.5, 0.6) is 0 Å². The molecule has 0 saturated carbocycles. The number of hydrogen-bond acceptors (Lipinski definition) is 3. The lowest BCUT2D eigenvalue weighted by Crippen LogP contribution is -2.39. The van der Waals surface area contributed by atoms with E-state index in [0.29, 0.717) is 25.1 Å². The minimum Gasteiger partial charge on any atom is -0.378 e. The highest BCUT2D eigenvalue weighted by Crippen LogP contribution is 2.29. The van der Waals surface area contributed by atoms with Crippen molar-refractivity contribution in [1.29, 1.82) is 0 Å². The molecule has 1 aliphatic rings. The zero-order chi connectivity index (χ0) is 17.2. The van der Waals surface area contributed by atoms with Crippen LogP contribution in [0.3, 0.4) is 0 Å². The Morgan fingerprint density at radius 3 is 2.48 bits per heavy atom. The van der Waals surface area contributed by atoms with Crippen molar-refractivity contribution in [2.75, 3.05) is 6.54 Å². The summed E-state index contributed by atoms with van der Waals surface area (Å²) in [7, 11) is 0. The van der Waals surface area contributed by atoms with Crippen molar-refractivity contribution in [1.82, 2.24) is 15.1 Å². The number of aromatic nitrogens is 2. The van der Waals surface area contributed by atoms with E-state index >= 15 is 0 Å². The zero-order valence-electron chi connectivity index (χ0n) is 13.7. The maximum absolute atomic E-state index is 12.7. The summed E-state index contributed by atoms with van der Waals surface area (Å²) in [6.45, 7) is 1.03. The van der Waals surface area contributed by atoms with Gasteiger partial charge in [-0.3, -0.25) is 9.89 Å². The Hall–Kier alpha value is -2.92. The molecule has 126 valence electrons. The van der Waals surface area contributed by atoms with Crippen LogP contribution < -0.4 is 0 Å². The fourth-order valence-corrected chi connectivity index (χ4v) is 3.27. The number of nitrogens with zero attached hydrogens (tertiary/aromatic N) is 2. The first-order valence-corrected chi connectivity index (χ1v) is 8.37. The second-order valence-corrected chi connectivity index (χ2v) is 6.22. The lowest BCUT2D eigenvalue weighted by molar-refractivity contribution is -0.141. The van der Waals surface area contributed by atoms with Crippen molar-refractivity contribution in [3.63, 3.8) is 0 Å². The van der Waals surface area contributed by atoms with E-state index in [-0.39, 0.29) is 5.91 Å². The van der Waals surface area contributed by atoms with Crippen LogP contribution in [-0.2, 0) is 17.8 Å². The number of rotatable bonds is 3. The van der Waals surface area contributed by atoms with E-state index in [2.05, 4.69) is 10.2 Å². The van der Waals surface area contributed by atoms with Gasteiger partial charge in [0.1, 0.15) is 0 Å². The first-order chi connectivity index (χ1) is 12.2.